The van der Waals surface area contributed by atoms with Gasteiger partial charge in [-0.1, -0.05) is 349 Å². The van der Waals surface area contributed by atoms with Crippen molar-refractivity contribution in [3.8, 4) is 20.9 Å². The van der Waals surface area contributed by atoms with E-state index in [1.807, 2.05) is 72.8 Å². The molecule has 0 saturated carbocycles. The Balaban J connectivity index is 0.899. The Morgan fingerprint density at radius 3 is 0.612 bits per heavy atom. The standard InChI is InChI=1S/C116H148N4O8S/c1-9-17-25-33-37-45-53-77(49-41-29-21-13-5)73-117-109(121)87-63-57-81-83-59-67-91-105-101(83)93(85-61-65-89(111(117)123)103(87)99(81)85)71-95(107(105)115(127)119(113(91)125)75-79(51-43-31-23-15-7)55-47-39-35-27-19-11-3)97-69-70-98(129-97)96-72-94-86-62-66-90-104-88(110(122)118(112(90)124)74-78(50-42-30-22-14-6)54-46-38-34-26-18-10-2)64-58-82(100(86)104)84-60-68-92-106(102(84)94)108(96)116(128)120(114(92)126)76-80(52-44-32-24-16-8)56-48-40-36-28-20-12-4/h57-72,77-80H,9-56,73-76H2,1-8H3. The van der Waals surface area contributed by atoms with Gasteiger partial charge in [-0.3, -0.25) is 58.0 Å². The topological polar surface area (TPSA) is 150 Å². The number of fused-ring (bicyclic) bond motifs is 4. The first-order chi connectivity index (χ1) is 63.1. The van der Waals surface area contributed by atoms with Gasteiger partial charge in [0.05, 0.1) is 11.1 Å². The largest absolute Gasteiger partial charge is 0.274 e. The van der Waals surface area contributed by atoms with Crippen LogP contribution in [0.4, 0.5) is 0 Å². The van der Waals surface area contributed by atoms with Gasteiger partial charge in [-0.15, -0.1) is 11.3 Å². The Labute approximate surface area is 773 Å². The fraction of sp³-hybridized carbons (Fsp3) is 0.552. The van der Waals surface area contributed by atoms with E-state index in [1.165, 1.54) is 101 Å². The summed E-state index contributed by atoms with van der Waals surface area (Å²) in [6, 6.07) is 32.3. The number of carbonyl (C=O) groups excluding carboxylic acids is 8. The van der Waals surface area contributed by atoms with Crippen LogP contribution in [-0.2, 0) is 0 Å². The molecule has 129 heavy (non-hydrogen) atoms. The number of carbonyl (C=O) groups is 8. The van der Waals surface area contributed by atoms with Crippen LogP contribution in [0, 0.1) is 23.7 Å². The molecule has 12 nitrogen and oxygen atoms in total. The van der Waals surface area contributed by atoms with Gasteiger partial charge < -0.3 is 0 Å². The van der Waals surface area contributed by atoms with Crippen molar-refractivity contribution in [2.45, 2.75) is 364 Å². The highest BCUT2D eigenvalue weighted by molar-refractivity contribution is 7.19. The van der Waals surface area contributed by atoms with E-state index in [-0.39, 0.29) is 70.9 Å². The molecular weight excluding hydrogens is 1610 g/mol. The van der Waals surface area contributed by atoms with Crippen LogP contribution < -0.4 is 0 Å². The van der Waals surface area contributed by atoms with Crippen molar-refractivity contribution >= 4 is 145 Å². The van der Waals surface area contributed by atoms with Gasteiger partial charge in [0.1, 0.15) is 0 Å². The second kappa shape index (κ2) is 45.0. The van der Waals surface area contributed by atoms with Gasteiger partial charge >= 0.3 is 0 Å². The highest BCUT2D eigenvalue weighted by Crippen LogP contribution is 2.54. The molecule has 13 heteroatoms. The quantitative estimate of drug-likeness (QED) is 0.0158. The van der Waals surface area contributed by atoms with Crippen LogP contribution in [0.2, 0.25) is 0 Å². The Hall–Kier alpha value is -8.94. The fourth-order valence-electron chi connectivity index (χ4n) is 23.2. The molecule has 4 atom stereocenters. The minimum absolute atomic E-state index is 0.0980. The third kappa shape index (κ3) is 19.9. The number of unbranched alkanes of at least 4 members (excludes halogenated alkanes) is 32. The van der Waals surface area contributed by atoms with Gasteiger partial charge in [-0.25, -0.2) is 0 Å². The SMILES string of the molecule is CCCCCCCCC(CCCCCC)CN1C(=O)c2ccc3c4ccc5c6c(c(-c7ccc(-c8cc9c%10ccc%11c%12c(ccc(c%13ccc%14c(c8C(=O)N(CC(CCCCCC)CCCCCCCC)C%14=O)c%139)c%12%10)C(=O)N(CC(CCCCCC)CCCCCCCC)C%11=O)s7)cc(c7ccc(c2c37)C1=O)c64)C(=O)N(CC(CCCCCC)CCCCCCCC)C5=O. The van der Waals surface area contributed by atoms with E-state index in [0.717, 1.165) is 293 Å². The zero-order chi connectivity index (χ0) is 90.2. The molecule has 0 radical (unpaired) electrons. The van der Waals surface area contributed by atoms with Crippen molar-refractivity contribution in [2.75, 3.05) is 26.2 Å². The number of imide groups is 4. The number of nitrogens with zero attached hydrogens (tertiary/aromatic N) is 4. The highest BCUT2D eigenvalue weighted by atomic mass is 32.1. The molecule has 0 aliphatic carbocycles. The van der Waals surface area contributed by atoms with Crippen LogP contribution in [0.15, 0.2) is 97.1 Å². The molecule has 0 N–H and O–H groups in total. The average Bonchev–Trinajstić information content (AvgIpc) is 1.01. The van der Waals surface area contributed by atoms with Crippen LogP contribution in [0.1, 0.15) is 446 Å². The number of hydrogen-bond donors (Lipinski definition) is 0. The molecule has 0 bridgehead atoms. The first-order valence-electron chi connectivity index (χ1n) is 52.2. The summed E-state index contributed by atoms with van der Waals surface area (Å²) in [4.78, 5) is 135. The highest BCUT2D eigenvalue weighted by Gasteiger charge is 2.44. The average molecular weight is 1760 g/mol. The molecule has 1 aromatic heterocycles. The van der Waals surface area contributed by atoms with Gasteiger partial charge in [0, 0.05) is 102 Å². The summed E-state index contributed by atoms with van der Waals surface area (Å²) in [5.74, 6) is -1.77. The van der Waals surface area contributed by atoms with Gasteiger partial charge in [-0.05, 0) is 200 Å². The minimum atomic E-state index is -0.332. The molecule has 11 aromatic rings. The van der Waals surface area contributed by atoms with E-state index in [1.54, 1.807) is 19.6 Å². The molecular formula is C116H148N4O8S. The maximum absolute atomic E-state index is 16.8. The van der Waals surface area contributed by atoms with Crippen molar-refractivity contribution in [3.05, 3.63) is 142 Å². The lowest BCUT2D eigenvalue weighted by Gasteiger charge is -2.33. The molecule has 0 fully saturated rings. The summed E-state index contributed by atoms with van der Waals surface area (Å²) < 4.78 is 0. The maximum Gasteiger partial charge on any atom is 0.262 e. The van der Waals surface area contributed by atoms with E-state index < -0.39 is 0 Å². The lowest BCUT2D eigenvalue weighted by atomic mass is 9.80. The van der Waals surface area contributed by atoms with Crippen LogP contribution in [0.5, 0.6) is 0 Å². The summed E-state index contributed by atoms with van der Waals surface area (Å²) in [5, 5.41) is 12.2. The lowest BCUT2D eigenvalue weighted by molar-refractivity contribution is 0.0563. The van der Waals surface area contributed by atoms with Crippen LogP contribution >= 0.6 is 11.3 Å². The summed E-state index contributed by atoms with van der Waals surface area (Å²) >= 11 is 1.50. The van der Waals surface area contributed by atoms with Gasteiger partial charge in [0.2, 0.25) is 0 Å². The van der Waals surface area contributed by atoms with Crippen molar-refractivity contribution in [2.24, 2.45) is 23.7 Å². The van der Waals surface area contributed by atoms with Gasteiger partial charge in [-0.2, -0.15) is 0 Å². The molecule has 8 amide bonds. The van der Waals surface area contributed by atoms with Crippen LogP contribution in [-0.4, -0.2) is 93.0 Å². The third-order valence-electron chi connectivity index (χ3n) is 30.4. The fourth-order valence-corrected chi connectivity index (χ4v) is 24.3. The van der Waals surface area contributed by atoms with Crippen molar-refractivity contribution < 1.29 is 38.4 Å². The molecule has 686 valence electrons. The number of thiophene rings is 1. The Kier molecular flexibility index (Phi) is 33.0. The maximum atomic E-state index is 16.8. The molecule has 4 unspecified atom stereocenters. The summed E-state index contributed by atoms with van der Waals surface area (Å²) in [6.45, 7) is 19.3. The Bertz CT molecular complexity index is 5430. The van der Waals surface area contributed by atoms with Crippen molar-refractivity contribution in [3.63, 3.8) is 0 Å². The van der Waals surface area contributed by atoms with Gasteiger partial charge in [0.15, 0.2) is 0 Å². The first-order valence-corrected chi connectivity index (χ1v) is 53.0. The third-order valence-corrected chi connectivity index (χ3v) is 31.6. The normalized spacial score (nSPS) is 15.1. The number of rotatable bonds is 58. The predicted molar refractivity (Wildman–Crippen MR) is 540 cm³/mol. The van der Waals surface area contributed by atoms with Crippen molar-refractivity contribution in [1.82, 2.24) is 19.6 Å². The number of hydrogen-bond acceptors (Lipinski definition) is 9. The van der Waals surface area contributed by atoms with E-state index >= 15 is 38.4 Å². The minimum Gasteiger partial charge on any atom is -0.274 e. The zero-order valence-electron chi connectivity index (χ0n) is 79.8. The van der Waals surface area contributed by atoms with E-state index in [2.05, 4.69) is 79.7 Å². The second-order valence-electron chi connectivity index (χ2n) is 39.8. The second-order valence-corrected chi connectivity index (χ2v) is 40.9. The van der Waals surface area contributed by atoms with E-state index in [4.69, 9.17) is 0 Å². The molecule has 0 spiro atoms. The Morgan fingerprint density at radius 2 is 0.380 bits per heavy atom. The summed E-state index contributed by atoms with van der Waals surface area (Å²) in [6.07, 6.45) is 53.1. The van der Waals surface area contributed by atoms with Gasteiger partial charge in [0.25, 0.3) is 47.3 Å². The summed E-state index contributed by atoms with van der Waals surface area (Å²) in [5.41, 5.74) is 5.14. The molecule has 4 aliphatic rings. The molecule has 5 heterocycles. The van der Waals surface area contributed by atoms with Crippen molar-refractivity contribution in [1.29, 1.82) is 0 Å². The summed E-state index contributed by atoms with van der Waals surface area (Å²) in [7, 11) is 0. The lowest BCUT2D eigenvalue weighted by Crippen LogP contribution is -2.43. The Morgan fingerprint density at radius 1 is 0.194 bits per heavy atom. The van der Waals surface area contributed by atoms with E-state index in [0.29, 0.717) is 103 Å². The predicted octanol–water partition coefficient (Wildman–Crippen LogP) is 32.9. The monoisotopic (exact) mass is 1760 g/mol. The zero-order valence-corrected chi connectivity index (χ0v) is 80.6. The van der Waals surface area contributed by atoms with Crippen LogP contribution in [0.25, 0.3) is 107 Å². The smallest absolute Gasteiger partial charge is 0.262 e. The first kappa shape index (κ1) is 94.7. The van der Waals surface area contributed by atoms with E-state index in [9.17, 15) is 0 Å². The number of amides is 8. The van der Waals surface area contributed by atoms with Crippen LogP contribution in [0.3, 0.4) is 0 Å². The molecule has 4 aliphatic heterocycles. The number of benzene rings is 10. The molecule has 15 rings (SSSR count). The molecule has 10 aromatic carbocycles. The molecule has 0 saturated heterocycles.